The Balaban J connectivity index is 1.03. The lowest BCUT2D eigenvalue weighted by Crippen LogP contribution is -2.27. The molecule has 0 spiro atoms. The Bertz CT molecular complexity index is 1310. The number of thiazole rings is 1. The van der Waals surface area contributed by atoms with Crippen molar-refractivity contribution in [3.05, 3.63) is 46.9 Å². The highest BCUT2D eigenvalue weighted by molar-refractivity contribution is 7.99. The maximum Gasteiger partial charge on any atom is 0.191 e. The van der Waals surface area contributed by atoms with Gasteiger partial charge in [0.2, 0.25) is 0 Å². The third-order valence-corrected chi connectivity index (χ3v) is 9.04. The normalized spacial score (nSPS) is 22.2. The van der Waals surface area contributed by atoms with Gasteiger partial charge in [-0.05, 0) is 56.8 Å². The molecule has 0 N–H and O–H groups in total. The summed E-state index contributed by atoms with van der Waals surface area (Å²) in [6.45, 7) is 7.56. The summed E-state index contributed by atoms with van der Waals surface area (Å²) >= 11 is 3.56. The quantitative estimate of drug-likeness (QED) is 0.291. The van der Waals surface area contributed by atoms with E-state index in [9.17, 15) is 0 Å². The van der Waals surface area contributed by atoms with E-state index in [1.807, 2.05) is 18.5 Å². The summed E-state index contributed by atoms with van der Waals surface area (Å²) in [6.07, 6.45) is 6.00. The summed E-state index contributed by atoms with van der Waals surface area (Å²) in [5.74, 6) is 2.60. The second-order valence-electron chi connectivity index (χ2n) is 9.32. The zero-order chi connectivity index (χ0) is 22.6. The molecule has 4 aromatic rings. The number of fused-ring (bicyclic) bond motifs is 2. The van der Waals surface area contributed by atoms with Crippen LogP contribution in [-0.2, 0) is 12.5 Å². The molecule has 170 valence electrons. The van der Waals surface area contributed by atoms with Crippen molar-refractivity contribution in [3.63, 3.8) is 0 Å². The van der Waals surface area contributed by atoms with E-state index in [1.165, 1.54) is 35.3 Å². The summed E-state index contributed by atoms with van der Waals surface area (Å²) in [6, 6.07) is 6.97. The molecule has 0 unspecified atom stereocenters. The number of benzene rings is 1. The molecule has 1 saturated carbocycles. The average molecular weight is 478 g/mol. The summed E-state index contributed by atoms with van der Waals surface area (Å²) in [7, 11) is 2.00. The van der Waals surface area contributed by atoms with E-state index in [4.69, 9.17) is 4.98 Å². The van der Waals surface area contributed by atoms with Gasteiger partial charge in [0.1, 0.15) is 5.69 Å². The van der Waals surface area contributed by atoms with E-state index >= 15 is 0 Å². The van der Waals surface area contributed by atoms with Crippen molar-refractivity contribution >= 4 is 33.3 Å². The Morgan fingerprint density at radius 2 is 2.09 bits per heavy atom. The molecular formula is C24H27N7S2. The second kappa shape index (κ2) is 8.14. The van der Waals surface area contributed by atoms with Gasteiger partial charge in [-0.15, -0.1) is 21.5 Å². The fraction of sp³-hybridized carbons (Fsp3) is 0.458. The minimum Gasteiger partial charge on any atom is -0.304 e. The van der Waals surface area contributed by atoms with Gasteiger partial charge in [-0.1, -0.05) is 17.8 Å². The van der Waals surface area contributed by atoms with Crippen molar-refractivity contribution in [2.45, 2.75) is 37.3 Å². The van der Waals surface area contributed by atoms with Crippen molar-refractivity contribution in [3.8, 4) is 11.5 Å². The first-order valence-corrected chi connectivity index (χ1v) is 13.2. The molecular weight excluding hydrogens is 450 g/mol. The number of hydrogen-bond donors (Lipinski definition) is 0. The van der Waals surface area contributed by atoms with Crippen LogP contribution < -0.4 is 0 Å². The van der Waals surface area contributed by atoms with Crippen LogP contribution in [0.5, 0.6) is 0 Å². The molecule has 1 aliphatic heterocycles. The van der Waals surface area contributed by atoms with E-state index in [0.717, 1.165) is 52.0 Å². The molecule has 4 heterocycles. The van der Waals surface area contributed by atoms with Crippen molar-refractivity contribution in [2.24, 2.45) is 13.0 Å². The van der Waals surface area contributed by atoms with Gasteiger partial charge in [-0.3, -0.25) is 4.98 Å². The third kappa shape index (κ3) is 3.86. The molecule has 9 heteroatoms. The van der Waals surface area contributed by atoms with Gasteiger partial charge >= 0.3 is 0 Å². The van der Waals surface area contributed by atoms with Crippen LogP contribution in [0.3, 0.4) is 0 Å². The highest BCUT2D eigenvalue weighted by Gasteiger charge is 2.60. The molecule has 33 heavy (non-hydrogen) atoms. The van der Waals surface area contributed by atoms with E-state index < -0.39 is 0 Å². The lowest BCUT2D eigenvalue weighted by atomic mass is 9.95. The first-order valence-electron chi connectivity index (χ1n) is 11.4. The van der Waals surface area contributed by atoms with E-state index in [2.05, 4.69) is 50.2 Å². The number of piperidine rings is 1. The molecule has 1 aromatic carbocycles. The van der Waals surface area contributed by atoms with E-state index in [-0.39, 0.29) is 0 Å². The predicted molar refractivity (Wildman–Crippen MR) is 133 cm³/mol. The standard InChI is InChI=1S/C24H27N7S2/c1-15-11-26-20(12-25-15)22-28-29-23(30(22)3)32-8-4-7-31-13-18-10-24(18,14-31)17-5-6-21-19(9-17)27-16(2)33-21/h5-6,9,11-12,18H,4,7-8,10,13-14H2,1-3H3/t18-,24+/m0/s1. The van der Waals surface area contributed by atoms with Crippen molar-refractivity contribution in [1.82, 2.24) is 34.6 Å². The number of aryl methyl sites for hydroxylation is 2. The molecule has 1 aliphatic carbocycles. The molecule has 7 nitrogen and oxygen atoms in total. The lowest BCUT2D eigenvalue weighted by Gasteiger charge is -2.21. The molecule has 0 radical (unpaired) electrons. The van der Waals surface area contributed by atoms with Crippen molar-refractivity contribution in [1.29, 1.82) is 0 Å². The topological polar surface area (TPSA) is 72.6 Å². The smallest absolute Gasteiger partial charge is 0.191 e. The van der Waals surface area contributed by atoms with Crippen LogP contribution in [0.4, 0.5) is 0 Å². The molecule has 2 atom stereocenters. The zero-order valence-electron chi connectivity index (χ0n) is 19.2. The average Bonchev–Trinajstić information content (AvgIpc) is 3.08. The SMILES string of the molecule is Cc1cnc(-c2nnc(SCCCN3C[C@@H]4C[C@]4(c4ccc5sc(C)nc5c4)C3)n2C)cn1. The highest BCUT2D eigenvalue weighted by Crippen LogP contribution is 2.59. The third-order valence-electron chi connectivity index (χ3n) is 6.98. The first kappa shape index (κ1) is 21.2. The van der Waals surface area contributed by atoms with Crippen LogP contribution in [0.1, 0.15) is 29.1 Å². The molecule has 0 bridgehead atoms. The van der Waals surface area contributed by atoms with Crippen LogP contribution in [0.2, 0.25) is 0 Å². The Morgan fingerprint density at radius 3 is 2.94 bits per heavy atom. The fourth-order valence-corrected chi connectivity index (χ4v) is 6.82. The highest BCUT2D eigenvalue weighted by atomic mass is 32.2. The number of thioether (sulfide) groups is 1. The minimum atomic E-state index is 0.367. The van der Waals surface area contributed by atoms with E-state index in [0.29, 0.717) is 5.41 Å². The Labute approximate surface area is 201 Å². The van der Waals surface area contributed by atoms with E-state index in [1.54, 1.807) is 35.5 Å². The largest absolute Gasteiger partial charge is 0.304 e. The molecule has 1 saturated heterocycles. The number of rotatable bonds is 7. The van der Waals surface area contributed by atoms with Crippen molar-refractivity contribution in [2.75, 3.05) is 25.4 Å². The van der Waals surface area contributed by atoms with Gasteiger partial charge in [0.25, 0.3) is 0 Å². The monoisotopic (exact) mass is 477 g/mol. The van der Waals surface area contributed by atoms with Crippen LogP contribution in [0.15, 0.2) is 35.7 Å². The first-order chi connectivity index (χ1) is 16.0. The molecule has 3 aromatic heterocycles. The minimum absolute atomic E-state index is 0.367. The Morgan fingerprint density at radius 1 is 1.18 bits per heavy atom. The Hall–Kier alpha value is -2.36. The van der Waals surface area contributed by atoms with Gasteiger partial charge < -0.3 is 9.47 Å². The summed E-state index contributed by atoms with van der Waals surface area (Å²) in [5, 5.41) is 10.8. The fourth-order valence-electron chi connectivity index (χ4n) is 5.18. The maximum absolute atomic E-state index is 4.72. The van der Waals surface area contributed by atoms with Gasteiger partial charge in [-0.25, -0.2) is 9.97 Å². The van der Waals surface area contributed by atoms with Gasteiger partial charge in [0.05, 0.1) is 27.1 Å². The van der Waals surface area contributed by atoms with Crippen LogP contribution in [0.25, 0.3) is 21.7 Å². The van der Waals surface area contributed by atoms with Gasteiger partial charge in [0, 0.05) is 37.5 Å². The number of aromatic nitrogens is 6. The predicted octanol–water partition coefficient (Wildman–Crippen LogP) is 4.25. The Kier molecular flexibility index (Phi) is 5.23. The number of nitrogens with zero attached hydrogens (tertiary/aromatic N) is 7. The number of hydrogen-bond acceptors (Lipinski definition) is 8. The van der Waals surface area contributed by atoms with Crippen LogP contribution >= 0.6 is 23.1 Å². The van der Waals surface area contributed by atoms with Gasteiger partial charge in [0.15, 0.2) is 11.0 Å². The van der Waals surface area contributed by atoms with Crippen LogP contribution in [-0.4, -0.2) is 60.0 Å². The van der Waals surface area contributed by atoms with Gasteiger partial charge in [-0.2, -0.15) is 0 Å². The summed E-state index contributed by atoms with van der Waals surface area (Å²) in [4.78, 5) is 16.1. The molecule has 0 amide bonds. The lowest BCUT2D eigenvalue weighted by molar-refractivity contribution is 0.299. The zero-order valence-corrected chi connectivity index (χ0v) is 20.8. The second-order valence-corrected chi connectivity index (χ2v) is 11.6. The molecule has 2 aliphatic rings. The van der Waals surface area contributed by atoms with Crippen LogP contribution in [0, 0.1) is 19.8 Å². The summed E-state index contributed by atoms with van der Waals surface area (Å²) < 4.78 is 3.32. The number of likely N-dealkylation sites (tertiary alicyclic amines) is 1. The summed E-state index contributed by atoms with van der Waals surface area (Å²) in [5.41, 5.74) is 4.69. The molecule has 6 rings (SSSR count). The van der Waals surface area contributed by atoms with Crippen molar-refractivity contribution < 1.29 is 0 Å². The molecule has 2 fully saturated rings. The maximum atomic E-state index is 4.72.